The molecule has 8 nitrogen and oxygen atoms in total. The van der Waals surface area contributed by atoms with Crippen molar-refractivity contribution in [3.8, 4) is 0 Å². The van der Waals surface area contributed by atoms with Crippen LogP contribution in [0, 0.1) is 11.8 Å². The summed E-state index contributed by atoms with van der Waals surface area (Å²) in [5, 5.41) is 3.29. The first-order chi connectivity index (χ1) is 13.6. The summed E-state index contributed by atoms with van der Waals surface area (Å²) in [6.07, 6.45) is 1.72. The first-order valence-electron chi connectivity index (χ1n) is 10.0. The van der Waals surface area contributed by atoms with E-state index in [0.717, 1.165) is 0 Å². The number of piperidine rings is 1. The second-order valence-electron chi connectivity index (χ2n) is 8.74. The standard InChI is InChI=1S/C20H27N3O5S/c1-20(2)12-14(19(25)28-20)11-17(24)23-9-7-13(8-10-23)18-21-15-5-3-4-6-16(15)29(26,27)22-18/h3-6,13-14,18,21-22H,7-12H2,1-2H3/t14-,18-/m1/s1. The number of anilines is 1. The normalized spacial score (nSPS) is 28.3. The van der Waals surface area contributed by atoms with Gasteiger partial charge >= 0.3 is 5.97 Å². The molecule has 0 spiro atoms. The summed E-state index contributed by atoms with van der Waals surface area (Å²) < 4.78 is 33.1. The molecule has 3 aliphatic rings. The van der Waals surface area contributed by atoms with Gasteiger partial charge in [-0.25, -0.2) is 8.42 Å². The fourth-order valence-electron chi connectivity index (χ4n) is 4.51. The third-order valence-electron chi connectivity index (χ3n) is 6.00. The van der Waals surface area contributed by atoms with Crippen molar-refractivity contribution in [2.45, 2.75) is 56.2 Å². The molecular formula is C20H27N3O5S. The predicted octanol–water partition coefficient (Wildman–Crippen LogP) is 1.69. The van der Waals surface area contributed by atoms with Crippen LogP contribution < -0.4 is 10.0 Å². The Kier molecular flexibility index (Phi) is 5.06. The number of carbonyl (C=O) groups excluding carboxylic acids is 2. The maximum absolute atomic E-state index is 12.7. The molecule has 3 heterocycles. The van der Waals surface area contributed by atoms with E-state index < -0.39 is 21.8 Å². The number of ether oxygens (including phenoxy) is 1. The number of benzene rings is 1. The van der Waals surface area contributed by atoms with E-state index in [1.165, 1.54) is 0 Å². The zero-order valence-corrected chi connectivity index (χ0v) is 17.5. The summed E-state index contributed by atoms with van der Waals surface area (Å²) >= 11 is 0. The van der Waals surface area contributed by atoms with Crippen molar-refractivity contribution >= 4 is 27.6 Å². The van der Waals surface area contributed by atoms with Gasteiger partial charge in [-0.1, -0.05) is 12.1 Å². The Morgan fingerprint density at radius 2 is 1.93 bits per heavy atom. The second-order valence-corrected chi connectivity index (χ2v) is 10.4. The number of rotatable bonds is 3. The topological polar surface area (TPSA) is 105 Å². The van der Waals surface area contributed by atoms with Crippen molar-refractivity contribution in [1.82, 2.24) is 9.62 Å². The number of para-hydroxylation sites is 1. The second kappa shape index (κ2) is 7.28. The van der Waals surface area contributed by atoms with Crippen LogP contribution in [0.5, 0.6) is 0 Å². The quantitative estimate of drug-likeness (QED) is 0.720. The lowest BCUT2D eigenvalue weighted by atomic mass is 9.91. The van der Waals surface area contributed by atoms with Crippen molar-refractivity contribution < 1.29 is 22.7 Å². The van der Waals surface area contributed by atoms with Crippen LogP contribution in [0.15, 0.2) is 29.2 Å². The summed E-state index contributed by atoms with van der Waals surface area (Å²) in [6.45, 7) is 4.82. The van der Waals surface area contributed by atoms with Gasteiger partial charge in [0.15, 0.2) is 0 Å². The fourth-order valence-corrected chi connectivity index (χ4v) is 5.90. The van der Waals surface area contributed by atoms with Crippen LogP contribution in [-0.2, 0) is 24.3 Å². The number of fused-ring (bicyclic) bond motifs is 1. The Balaban J connectivity index is 1.34. The number of likely N-dealkylation sites (tertiary alicyclic amines) is 1. The van der Waals surface area contributed by atoms with Gasteiger partial charge in [-0.15, -0.1) is 0 Å². The van der Waals surface area contributed by atoms with Gasteiger partial charge in [-0.05, 0) is 44.7 Å². The van der Waals surface area contributed by atoms with Gasteiger partial charge in [0, 0.05) is 25.9 Å². The average molecular weight is 422 g/mol. The van der Waals surface area contributed by atoms with E-state index in [2.05, 4.69) is 10.0 Å². The van der Waals surface area contributed by atoms with Crippen LogP contribution in [0.1, 0.15) is 39.5 Å². The zero-order valence-electron chi connectivity index (χ0n) is 16.7. The lowest BCUT2D eigenvalue weighted by molar-refractivity contribution is -0.150. The lowest BCUT2D eigenvalue weighted by Gasteiger charge is -2.39. The Labute approximate surface area is 171 Å². The van der Waals surface area contributed by atoms with E-state index >= 15 is 0 Å². The minimum Gasteiger partial charge on any atom is -0.459 e. The maximum atomic E-state index is 12.7. The number of amides is 1. The van der Waals surface area contributed by atoms with E-state index in [0.29, 0.717) is 38.0 Å². The molecule has 0 aromatic heterocycles. The largest absolute Gasteiger partial charge is 0.459 e. The van der Waals surface area contributed by atoms with Crippen LogP contribution in [0.3, 0.4) is 0 Å². The van der Waals surface area contributed by atoms with Crippen molar-refractivity contribution in [2.75, 3.05) is 18.4 Å². The molecule has 158 valence electrons. The number of esters is 1. The molecule has 1 aromatic carbocycles. The average Bonchev–Trinajstić information content (AvgIpc) is 2.92. The highest BCUT2D eigenvalue weighted by atomic mass is 32.2. The number of nitrogens with one attached hydrogen (secondary N) is 2. The lowest BCUT2D eigenvalue weighted by Crippen LogP contribution is -2.52. The molecule has 2 fully saturated rings. The molecule has 29 heavy (non-hydrogen) atoms. The molecule has 0 saturated carbocycles. The highest BCUT2D eigenvalue weighted by molar-refractivity contribution is 7.89. The van der Waals surface area contributed by atoms with Gasteiger partial charge in [0.1, 0.15) is 10.5 Å². The predicted molar refractivity (Wildman–Crippen MR) is 106 cm³/mol. The number of carbonyl (C=O) groups is 2. The highest BCUT2D eigenvalue weighted by Crippen LogP contribution is 2.34. The minimum absolute atomic E-state index is 0.0365. The van der Waals surface area contributed by atoms with E-state index in [1.54, 1.807) is 29.2 Å². The minimum atomic E-state index is -3.55. The van der Waals surface area contributed by atoms with Gasteiger partial charge in [0.2, 0.25) is 15.9 Å². The third-order valence-corrected chi connectivity index (χ3v) is 7.50. The molecule has 1 amide bonds. The molecule has 9 heteroatoms. The first-order valence-corrected chi connectivity index (χ1v) is 11.5. The Morgan fingerprint density at radius 3 is 2.59 bits per heavy atom. The summed E-state index contributed by atoms with van der Waals surface area (Å²) in [5.41, 5.74) is 0.104. The van der Waals surface area contributed by atoms with Crippen LogP contribution >= 0.6 is 0 Å². The van der Waals surface area contributed by atoms with Gasteiger partial charge in [-0.2, -0.15) is 4.72 Å². The van der Waals surface area contributed by atoms with Crippen molar-refractivity contribution in [3.63, 3.8) is 0 Å². The summed E-state index contributed by atoms with van der Waals surface area (Å²) in [5.74, 6) is -0.626. The summed E-state index contributed by atoms with van der Waals surface area (Å²) in [4.78, 5) is 26.7. The van der Waals surface area contributed by atoms with E-state index in [1.807, 2.05) is 13.8 Å². The smallest absolute Gasteiger partial charge is 0.310 e. The van der Waals surface area contributed by atoms with Crippen molar-refractivity contribution in [1.29, 1.82) is 0 Å². The molecule has 0 aliphatic carbocycles. The molecule has 2 saturated heterocycles. The van der Waals surface area contributed by atoms with Gasteiger partial charge in [0.05, 0.1) is 17.8 Å². The SMILES string of the molecule is CC1(C)C[C@@H](CC(=O)N2CCC([C@@H]3Nc4ccccc4S(=O)(=O)N3)CC2)C(=O)O1. The van der Waals surface area contributed by atoms with E-state index in [4.69, 9.17) is 4.74 Å². The summed E-state index contributed by atoms with van der Waals surface area (Å²) in [7, 11) is -3.55. The number of sulfonamides is 1. The molecule has 2 atom stereocenters. The molecule has 3 aliphatic heterocycles. The van der Waals surface area contributed by atoms with Crippen LogP contribution in [-0.4, -0.2) is 50.1 Å². The third kappa shape index (κ3) is 4.11. The van der Waals surface area contributed by atoms with Crippen molar-refractivity contribution in [2.24, 2.45) is 11.8 Å². The maximum Gasteiger partial charge on any atom is 0.310 e. The Hall–Kier alpha value is -2.13. The molecule has 4 rings (SSSR count). The van der Waals surface area contributed by atoms with Crippen LogP contribution in [0.25, 0.3) is 0 Å². The number of nitrogens with zero attached hydrogens (tertiary/aromatic N) is 1. The van der Waals surface area contributed by atoms with Crippen molar-refractivity contribution in [3.05, 3.63) is 24.3 Å². The van der Waals surface area contributed by atoms with Crippen LogP contribution in [0.4, 0.5) is 5.69 Å². The zero-order chi connectivity index (χ0) is 20.8. The summed E-state index contributed by atoms with van der Waals surface area (Å²) in [6, 6.07) is 6.85. The fraction of sp³-hybridized carbons (Fsp3) is 0.600. The molecule has 0 bridgehead atoms. The molecule has 0 unspecified atom stereocenters. The van der Waals surface area contributed by atoms with Crippen LogP contribution in [0.2, 0.25) is 0 Å². The van der Waals surface area contributed by atoms with E-state index in [-0.39, 0.29) is 35.0 Å². The molecular weight excluding hydrogens is 394 g/mol. The first kappa shape index (κ1) is 20.2. The number of cyclic esters (lactones) is 1. The Bertz CT molecular complexity index is 922. The number of hydrogen-bond acceptors (Lipinski definition) is 6. The monoisotopic (exact) mass is 421 g/mol. The molecule has 2 N–H and O–H groups in total. The van der Waals surface area contributed by atoms with Gasteiger partial charge in [-0.3, -0.25) is 9.59 Å². The van der Waals surface area contributed by atoms with Gasteiger partial charge in [0.25, 0.3) is 0 Å². The molecule has 0 radical (unpaired) electrons. The van der Waals surface area contributed by atoms with Gasteiger partial charge < -0.3 is 15.0 Å². The van der Waals surface area contributed by atoms with E-state index in [9.17, 15) is 18.0 Å². The molecule has 1 aromatic rings. The highest BCUT2D eigenvalue weighted by Gasteiger charge is 2.42. The number of hydrogen-bond donors (Lipinski definition) is 2. The Morgan fingerprint density at radius 1 is 1.24 bits per heavy atom.